The minimum atomic E-state index is 0.337. The lowest BCUT2D eigenvalue weighted by molar-refractivity contribution is 0.532. The average Bonchev–Trinajstić information content (AvgIpc) is 2.97. The van der Waals surface area contributed by atoms with Gasteiger partial charge in [-0.05, 0) is 26.8 Å². The maximum atomic E-state index is 4.44. The number of fused-ring (bicyclic) bond motifs is 1. The lowest BCUT2D eigenvalue weighted by Crippen LogP contribution is -2.00. The SMILES string of the molecule is Cc1nc(Nc2cnn(C(C)C)c2)nc2[nH]ccc12. The van der Waals surface area contributed by atoms with Crippen LogP contribution < -0.4 is 5.32 Å². The van der Waals surface area contributed by atoms with E-state index in [1.54, 1.807) is 6.20 Å². The molecular formula is C13H16N6. The molecule has 2 N–H and O–H groups in total. The molecule has 0 atom stereocenters. The number of aromatic nitrogens is 5. The molecule has 3 aromatic heterocycles. The molecule has 0 aliphatic heterocycles. The second-order valence-corrected chi connectivity index (χ2v) is 4.80. The van der Waals surface area contributed by atoms with Crippen molar-refractivity contribution in [3.8, 4) is 0 Å². The van der Waals surface area contributed by atoms with Crippen molar-refractivity contribution in [3.05, 3.63) is 30.4 Å². The van der Waals surface area contributed by atoms with Gasteiger partial charge in [-0.25, -0.2) is 4.98 Å². The van der Waals surface area contributed by atoms with Gasteiger partial charge in [0.2, 0.25) is 5.95 Å². The largest absolute Gasteiger partial charge is 0.346 e. The fourth-order valence-electron chi connectivity index (χ4n) is 1.97. The van der Waals surface area contributed by atoms with Gasteiger partial charge in [0.25, 0.3) is 0 Å². The summed E-state index contributed by atoms with van der Waals surface area (Å²) in [5.74, 6) is 0.579. The quantitative estimate of drug-likeness (QED) is 0.756. The molecule has 6 heteroatoms. The van der Waals surface area contributed by atoms with Gasteiger partial charge in [0.15, 0.2) is 0 Å². The fraction of sp³-hybridized carbons (Fsp3) is 0.308. The zero-order valence-electron chi connectivity index (χ0n) is 11.2. The smallest absolute Gasteiger partial charge is 0.229 e. The van der Waals surface area contributed by atoms with Crippen LogP contribution in [0.2, 0.25) is 0 Å². The van der Waals surface area contributed by atoms with Crippen molar-refractivity contribution < 1.29 is 0 Å². The molecule has 0 unspecified atom stereocenters. The third-order valence-electron chi connectivity index (χ3n) is 2.99. The number of aromatic amines is 1. The molecule has 6 nitrogen and oxygen atoms in total. The van der Waals surface area contributed by atoms with E-state index in [1.807, 2.05) is 30.1 Å². The van der Waals surface area contributed by atoms with Crippen LogP contribution in [0.1, 0.15) is 25.6 Å². The summed E-state index contributed by atoms with van der Waals surface area (Å²) in [6.45, 7) is 6.14. The number of anilines is 2. The summed E-state index contributed by atoms with van der Waals surface area (Å²) in [7, 11) is 0. The standard InChI is InChI=1S/C13H16N6/c1-8(2)19-7-10(6-15-19)17-13-16-9(3)11-4-5-14-12(11)18-13/h4-8H,1-3H3,(H2,14,16,17,18). The van der Waals surface area contributed by atoms with E-state index in [-0.39, 0.29) is 0 Å². The molecule has 3 heterocycles. The molecule has 3 aromatic rings. The minimum Gasteiger partial charge on any atom is -0.346 e. The van der Waals surface area contributed by atoms with E-state index in [2.05, 4.69) is 39.2 Å². The lowest BCUT2D eigenvalue weighted by Gasteiger charge is -2.05. The Morgan fingerprint density at radius 1 is 1.32 bits per heavy atom. The molecule has 19 heavy (non-hydrogen) atoms. The molecular weight excluding hydrogens is 240 g/mol. The summed E-state index contributed by atoms with van der Waals surface area (Å²) in [4.78, 5) is 12.0. The van der Waals surface area contributed by atoms with Gasteiger partial charge < -0.3 is 10.3 Å². The van der Waals surface area contributed by atoms with Gasteiger partial charge in [-0.2, -0.15) is 10.1 Å². The van der Waals surface area contributed by atoms with E-state index in [1.165, 1.54) is 0 Å². The van der Waals surface area contributed by atoms with Crippen LogP contribution >= 0.6 is 0 Å². The highest BCUT2D eigenvalue weighted by atomic mass is 15.3. The van der Waals surface area contributed by atoms with E-state index in [0.717, 1.165) is 22.4 Å². The number of H-pyrrole nitrogens is 1. The molecule has 0 aliphatic rings. The molecule has 0 spiro atoms. The molecule has 0 aromatic carbocycles. The van der Waals surface area contributed by atoms with Crippen LogP contribution in [0.25, 0.3) is 11.0 Å². The monoisotopic (exact) mass is 256 g/mol. The Labute approximate surface area is 110 Å². The molecule has 0 saturated heterocycles. The van der Waals surface area contributed by atoms with Crippen LogP contribution in [0, 0.1) is 6.92 Å². The number of nitrogens with one attached hydrogen (secondary N) is 2. The number of rotatable bonds is 3. The van der Waals surface area contributed by atoms with Gasteiger partial charge in [-0.3, -0.25) is 4.68 Å². The molecule has 0 bridgehead atoms. The topological polar surface area (TPSA) is 71.4 Å². The Morgan fingerprint density at radius 2 is 2.16 bits per heavy atom. The van der Waals surface area contributed by atoms with Crippen LogP contribution in [0.5, 0.6) is 0 Å². The Balaban J connectivity index is 1.91. The zero-order valence-corrected chi connectivity index (χ0v) is 11.2. The highest BCUT2D eigenvalue weighted by molar-refractivity contribution is 5.79. The van der Waals surface area contributed by atoms with Crippen LogP contribution in [-0.2, 0) is 0 Å². The first kappa shape index (κ1) is 11.7. The zero-order chi connectivity index (χ0) is 13.4. The molecule has 98 valence electrons. The van der Waals surface area contributed by atoms with Crippen molar-refractivity contribution >= 4 is 22.7 Å². The maximum Gasteiger partial charge on any atom is 0.229 e. The van der Waals surface area contributed by atoms with E-state index in [9.17, 15) is 0 Å². The summed E-state index contributed by atoms with van der Waals surface area (Å²) in [6, 6.07) is 2.31. The van der Waals surface area contributed by atoms with Gasteiger partial charge >= 0.3 is 0 Å². The van der Waals surface area contributed by atoms with Crippen LogP contribution in [0.3, 0.4) is 0 Å². The van der Waals surface area contributed by atoms with Gasteiger partial charge in [0.1, 0.15) is 5.65 Å². The Kier molecular flexibility index (Phi) is 2.70. The van der Waals surface area contributed by atoms with E-state index in [0.29, 0.717) is 12.0 Å². The first-order valence-electron chi connectivity index (χ1n) is 6.26. The second-order valence-electron chi connectivity index (χ2n) is 4.80. The number of hydrogen-bond donors (Lipinski definition) is 2. The van der Waals surface area contributed by atoms with Crippen molar-refractivity contribution in [1.29, 1.82) is 0 Å². The Bertz CT molecular complexity index is 709. The van der Waals surface area contributed by atoms with Crippen molar-refractivity contribution in [3.63, 3.8) is 0 Å². The van der Waals surface area contributed by atoms with E-state index >= 15 is 0 Å². The first-order valence-corrected chi connectivity index (χ1v) is 6.26. The van der Waals surface area contributed by atoms with Gasteiger partial charge in [-0.15, -0.1) is 0 Å². The molecule has 0 saturated carbocycles. The second kappa shape index (κ2) is 4.38. The van der Waals surface area contributed by atoms with Gasteiger partial charge in [-0.1, -0.05) is 0 Å². The maximum absolute atomic E-state index is 4.44. The normalized spacial score (nSPS) is 11.4. The molecule has 0 radical (unpaired) electrons. The van der Waals surface area contributed by atoms with Gasteiger partial charge in [0, 0.05) is 23.8 Å². The predicted molar refractivity (Wildman–Crippen MR) is 74.5 cm³/mol. The molecule has 0 amide bonds. The third kappa shape index (κ3) is 2.16. The Hall–Kier alpha value is -2.37. The highest BCUT2D eigenvalue weighted by Gasteiger charge is 2.07. The predicted octanol–water partition coefficient (Wildman–Crippen LogP) is 2.79. The van der Waals surface area contributed by atoms with Crippen LogP contribution in [-0.4, -0.2) is 24.7 Å². The molecule has 0 fully saturated rings. The number of aryl methyl sites for hydroxylation is 1. The van der Waals surface area contributed by atoms with Crippen molar-refractivity contribution in [1.82, 2.24) is 24.7 Å². The number of hydrogen-bond acceptors (Lipinski definition) is 4. The van der Waals surface area contributed by atoms with E-state index < -0.39 is 0 Å². The fourth-order valence-corrected chi connectivity index (χ4v) is 1.97. The van der Waals surface area contributed by atoms with Crippen molar-refractivity contribution in [2.45, 2.75) is 26.8 Å². The highest BCUT2D eigenvalue weighted by Crippen LogP contribution is 2.18. The summed E-state index contributed by atoms with van der Waals surface area (Å²) >= 11 is 0. The van der Waals surface area contributed by atoms with Crippen molar-refractivity contribution in [2.24, 2.45) is 0 Å². The minimum absolute atomic E-state index is 0.337. The van der Waals surface area contributed by atoms with E-state index in [4.69, 9.17) is 0 Å². The summed E-state index contributed by atoms with van der Waals surface area (Å²) in [6.07, 6.45) is 5.59. The number of nitrogens with zero attached hydrogens (tertiary/aromatic N) is 4. The lowest BCUT2D eigenvalue weighted by atomic mass is 10.3. The van der Waals surface area contributed by atoms with Crippen molar-refractivity contribution in [2.75, 3.05) is 5.32 Å². The summed E-state index contributed by atoms with van der Waals surface area (Å²) in [5.41, 5.74) is 2.68. The summed E-state index contributed by atoms with van der Waals surface area (Å²) < 4.78 is 1.89. The Morgan fingerprint density at radius 3 is 2.89 bits per heavy atom. The molecule has 3 rings (SSSR count). The van der Waals surface area contributed by atoms with Crippen LogP contribution in [0.15, 0.2) is 24.7 Å². The molecule has 0 aliphatic carbocycles. The first-order chi connectivity index (χ1) is 9.13. The average molecular weight is 256 g/mol. The summed E-state index contributed by atoms with van der Waals surface area (Å²) in [5, 5.41) is 8.50. The van der Waals surface area contributed by atoms with Gasteiger partial charge in [0.05, 0.1) is 17.6 Å². The van der Waals surface area contributed by atoms with Crippen LogP contribution in [0.4, 0.5) is 11.6 Å². The third-order valence-corrected chi connectivity index (χ3v) is 2.99.